The van der Waals surface area contributed by atoms with Crippen molar-refractivity contribution in [2.45, 2.75) is 25.4 Å². The molecule has 3 nitrogen and oxygen atoms in total. The van der Waals surface area contributed by atoms with E-state index in [1.54, 1.807) is 6.07 Å². The SMILES string of the molecule is FC(F)c1ccc2c(C(F)(F)F)c(Cc3ccc4c(c3)CCN4)nn2c1. The van der Waals surface area contributed by atoms with Crippen molar-refractivity contribution < 1.29 is 22.0 Å². The highest BCUT2D eigenvalue weighted by Gasteiger charge is 2.38. The Kier molecular flexibility index (Phi) is 3.86. The Morgan fingerprint density at radius 2 is 1.96 bits per heavy atom. The Bertz CT molecular complexity index is 975. The molecule has 8 heteroatoms. The van der Waals surface area contributed by atoms with Crippen LogP contribution in [0.2, 0.25) is 0 Å². The third kappa shape index (κ3) is 2.89. The maximum Gasteiger partial charge on any atom is 0.420 e. The molecular formula is C18H14F5N3. The van der Waals surface area contributed by atoms with E-state index >= 15 is 0 Å². The second-order valence-corrected chi connectivity index (χ2v) is 6.26. The number of rotatable bonds is 3. The number of pyridine rings is 1. The molecule has 1 aliphatic heterocycles. The van der Waals surface area contributed by atoms with Crippen molar-refractivity contribution in [2.75, 3.05) is 11.9 Å². The van der Waals surface area contributed by atoms with Crippen LogP contribution in [0.25, 0.3) is 5.52 Å². The van der Waals surface area contributed by atoms with Crippen molar-refractivity contribution >= 4 is 11.2 Å². The van der Waals surface area contributed by atoms with Crippen LogP contribution in [-0.4, -0.2) is 16.2 Å². The fraction of sp³-hybridized carbons (Fsp3) is 0.278. The van der Waals surface area contributed by atoms with Gasteiger partial charge in [0.2, 0.25) is 0 Å². The van der Waals surface area contributed by atoms with Gasteiger partial charge >= 0.3 is 6.18 Å². The summed E-state index contributed by atoms with van der Waals surface area (Å²) in [6, 6.07) is 7.51. The monoisotopic (exact) mass is 367 g/mol. The van der Waals surface area contributed by atoms with E-state index in [0.29, 0.717) is 5.56 Å². The van der Waals surface area contributed by atoms with E-state index in [9.17, 15) is 22.0 Å². The Morgan fingerprint density at radius 1 is 1.15 bits per heavy atom. The van der Waals surface area contributed by atoms with Crippen LogP contribution in [0.1, 0.15) is 34.4 Å². The number of nitrogens with one attached hydrogen (secondary N) is 1. The lowest BCUT2D eigenvalue weighted by Gasteiger charge is -2.08. The molecule has 1 aromatic carbocycles. The van der Waals surface area contributed by atoms with Gasteiger partial charge in [0.1, 0.15) is 5.56 Å². The third-order valence-electron chi connectivity index (χ3n) is 4.51. The summed E-state index contributed by atoms with van der Waals surface area (Å²) in [6.07, 6.45) is -5.65. The van der Waals surface area contributed by atoms with Gasteiger partial charge in [-0.2, -0.15) is 18.3 Å². The summed E-state index contributed by atoms with van der Waals surface area (Å²) in [5.41, 5.74) is 1.10. The van der Waals surface area contributed by atoms with Crippen molar-refractivity contribution in [3.63, 3.8) is 0 Å². The number of alkyl halides is 5. The van der Waals surface area contributed by atoms with Gasteiger partial charge in [0.15, 0.2) is 0 Å². The Labute approximate surface area is 145 Å². The number of hydrogen-bond acceptors (Lipinski definition) is 2. The normalized spacial score (nSPS) is 14.1. The lowest BCUT2D eigenvalue weighted by atomic mass is 10.0. The molecule has 0 saturated heterocycles. The van der Waals surface area contributed by atoms with E-state index < -0.39 is 18.2 Å². The van der Waals surface area contributed by atoms with E-state index in [2.05, 4.69) is 10.4 Å². The maximum atomic E-state index is 13.6. The van der Waals surface area contributed by atoms with Crippen molar-refractivity contribution in [2.24, 2.45) is 0 Å². The largest absolute Gasteiger partial charge is 0.420 e. The molecule has 3 heterocycles. The fourth-order valence-electron chi connectivity index (χ4n) is 3.34. The van der Waals surface area contributed by atoms with Gasteiger partial charge in [-0.1, -0.05) is 12.1 Å². The summed E-state index contributed by atoms with van der Waals surface area (Å²) < 4.78 is 67.3. The number of benzene rings is 1. The lowest BCUT2D eigenvalue weighted by Crippen LogP contribution is -2.08. The first-order valence-corrected chi connectivity index (χ1v) is 8.05. The van der Waals surface area contributed by atoms with Crippen LogP contribution in [0.3, 0.4) is 0 Å². The summed E-state index contributed by atoms with van der Waals surface area (Å²) in [6.45, 7) is 0.803. The van der Waals surface area contributed by atoms with Crippen LogP contribution in [0.4, 0.5) is 27.6 Å². The molecule has 3 aromatic rings. The molecule has 1 N–H and O–H groups in total. The molecule has 0 bridgehead atoms. The maximum absolute atomic E-state index is 13.6. The zero-order valence-electron chi connectivity index (χ0n) is 13.4. The molecule has 0 spiro atoms. The zero-order valence-corrected chi connectivity index (χ0v) is 13.4. The van der Waals surface area contributed by atoms with Gasteiger partial charge in [0.05, 0.1) is 11.2 Å². The smallest absolute Gasteiger partial charge is 0.384 e. The molecule has 136 valence electrons. The number of halogens is 5. The molecule has 26 heavy (non-hydrogen) atoms. The van der Waals surface area contributed by atoms with Crippen LogP contribution in [0, 0.1) is 0 Å². The first-order chi connectivity index (χ1) is 12.3. The van der Waals surface area contributed by atoms with Crippen LogP contribution in [0.5, 0.6) is 0 Å². The third-order valence-corrected chi connectivity index (χ3v) is 4.51. The molecule has 0 radical (unpaired) electrons. The highest BCUT2D eigenvalue weighted by molar-refractivity contribution is 5.60. The Balaban J connectivity index is 1.80. The van der Waals surface area contributed by atoms with Gasteiger partial charge in [-0.3, -0.25) is 0 Å². The molecule has 0 unspecified atom stereocenters. The quantitative estimate of drug-likeness (QED) is 0.671. The number of nitrogens with zero attached hydrogens (tertiary/aromatic N) is 2. The van der Waals surface area contributed by atoms with Crippen LogP contribution >= 0.6 is 0 Å². The van der Waals surface area contributed by atoms with E-state index in [-0.39, 0.29) is 23.2 Å². The van der Waals surface area contributed by atoms with Gasteiger partial charge in [0.25, 0.3) is 6.43 Å². The van der Waals surface area contributed by atoms with E-state index in [1.807, 2.05) is 12.1 Å². The highest BCUT2D eigenvalue weighted by Crippen LogP contribution is 2.37. The Hall–Kier alpha value is -2.64. The number of aromatic nitrogens is 2. The molecule has 0 amide bonds. The lowest BCUT2D eigenvalue weighted by molar-refractivity contribution is -0.136. The molecular weight excluding hydrogens is 353 g/mol. The predicted molar refractivity (Wildman–Crippen MR) is 86.6 cm³/mol. The minimum atomic E-state index is -4.62. The first kappa shape index (κ1) is 16.8. The Morgan fingerprint density at radius 3 is 2.69 bits per heavy atom. The number of hydrogen-bond donors (Lipinski definition) is 1. The molecule has 2 aromatic heterocycles. The average Bonchev–Trinajstić information content (AvgIpc) is 3.16. The predicted octanol–water partition coefficient (Wildman–Crippen LogP) is 4.85. The summed E-state index contributed by atoms with van der Waals surface area (Å²) in [7, 11) is 0. The van der Waals surface area contributed by atoms with E-state index in [1.165, 1.54) is 0 Å². The van der Waals surface area contributed by atoms with Crippen LogP contribution in [0.15, 0.2) is 36.5 Å². The summed E-state index contributed by atoms with van der Waals surface area (Å²) in [4.78, 5) is 0. The van der Waals surface area contributed by atoms with Gasteiger partial charge in [-0.25, -0.2) is 13.3 Å². The molecule has 0 aliphatic carbocycles. The minimum Gasteiger partial charge on any atom is -0.384 e. The number of anilines is 1. The molecule has 1 aliphatic rings. The van der Waals surface area contributed by atoms with E-state index in [0.717, 1.165) is 47.1 Å². The second-order valence-electron chi connectivity index (χ2n) is 6.26. The number of fused-ring (bicyclic) bond motifs is 2. The summed E-state index contributed by atoms with van der Waals surface area (Å²) in [5.74, 6) is 0. The summed E-state index contributed by atoms with van der Waals surface area (Å²) in [5, 5.41) is 7.15. The zero-order chi connectivity index (χ0) is 18.5. The van der Waals surface area contributed by atoms with Gasteiger partial charge in [-0.05, 0) is 35.7 Å². The van der Waals surface area contributed by atoms with Gasteiger partial charge < -0.3 is 5.32 Å². The van der Waals surface area contributed by atoms with Gasteiger partial charge in [-0.15, -0.1) is 0 Å². The molecule has 0 fully saturated rings. The standard InChI is InChI=1S/C18H14F5N3/c19-17(20)12-2-4-15-16(18(21,22)23)14(25-26(15)9-12)8-10-1-3-13-11(7-10)5-6-24-13/h1-4,7,9,17,24H,5-6,8H2. The van der Waals surface area contributed by atoms with Crippen LogP contribution < -0.4 is 5.32 Å². The summed E-state index contributed by atoms with van der Waals surface area (Å²) >= 11 is 0. The second kappa shape index (κ2) is 5.96. The fourth-order valence-corrected chi connectivity index (χ4v) is 3.34. The topological polar surface area (TPSA) is 29.3 Å². The van der Waals surface area contributed by atoms with Crippen molar-refractivity contribution in [1.82, 2.24) is 9.61 Å². The first-order valence-electron chi connectivity index (χ1n) is 8.05. The van der Waals surface area contributed by atoms with Crippen molar-refractivity contribution in [1.29, 1.82) is 0 Å². The van der Waals surface area contributed by atoms with Crippen molar-refractivity contribution in [3.05, 3.63) is 64.5 Å². The molecule has 4 rings (SSSR count). The molecule has 0 saturated carbocycles. The molecule has 0 atom stereocenters. The highest BCUT2D eigenvalue weighted by atomic mass is 19.4. The van der Waals surface area contributed by atoms with Crippen molar-refractivity contribution in [3.8, 4) is 0 Å². The average molecular weight is 367 g/mol. The van der Waals surface area contributed by atoms with Crippen LogP contribution in [-0.2, 0) is 19.0 Å². The van der Waals surface area contributed by atoms with Gasteiger partial charge in [0, 0.05) is 30.4 Å². The minimum absolute atomic E-state index is 0.0200. The van der Waals surface area contributed by atoms with E-state index in [4.69, 9.17) is 0 Å².